The monoisotopic (exact) mass is 297 g/mol. The van der Waals surface area contributed by atoms with Crippen molar-refractivity contribution in [3.05, 3.63) is 30.1 Å². The van der Waals surface area contributed by atoms with Gasteiger partial charge < -0.3 is 5.32 Å². The molecule has 6 heteroatoms. The Labute approximate surface area is 121 Å². The Kier molecular flexibility index (Phi) is 5.51. The molecule has 1 fully saturated rings. The van der Waals surface area contributed by atoms with E-state index in [-0.39, 0.29) is 5.75 Å². The van der Waals surface area contributed by atoms with Gasteiger partial charge in [0.25, 0.3) is 0 Å². The van der Waals surface area contributed by atoms with Gasteiger partial charge in [0.15, 0.2) is 0 Å². The molecule has 1 saturated carbocycles. The molecule has 0 atom stereocenters. The van der Waals surface area contributed by atoms with Crippen molar-refractivity contribution in [1.82, 2.24) is 14.6 Å². The van der Waals surface area contributed by atoms with Crippen molar-refractivity contribution in [2.24, 2.45) is 0 Å². The molecule has 112 valence electrons. The van der Waals surface area contributed by atoms with Gasteiger partial charge in [0.05, 0.1) is 5.75 Å². The highest BCUT2D eigenvalue weighted by Gasteiger charge is 2.21. The third kappa shape index (κ3) is 5.19. The molecular weight excluding hydrogens is 274 g/mol. The van der Waals surface area contributed by atoms with Crippen molar-refractivity contribution < 1.29 is 8.42 Å². The van der Waals surface area contributed by atoms with E-state index in [1.807, 2.05) is 12.1 Å². The molecule has 0 bridgehead atoms. The number of nitrogens with one attached hydrogen (secondary N) is 1. The van der Waals surface area contributed by atoms with Gasteiger partial charge in [-0.05, 0) is 49.9 Å². The zero-order valence-electron chi connectivity index (χ0n) is 12.0. The lowest BCUT2D eigenvalue weighted by Gasteiger charge is -2.17. The number of likely N-dealkylation sites (N-methyl/N-ethyl adjacent to an activating group) is 1. The van der Waals surface area contributed by atoms with Gasteiger partial charge in [0, 0.05) is 32.0 Å². The second-order valence-electron chi connectivity index (χ2n) is 5.32. The molecule has 0 unspecified atom stereocenters. The highest BCUT2D eigenvalue weighted by atomic mass is 32.2. The average Bonchev–Trinajstić information content (AvgIpc) is 3.26. The van der Waals surface area contributed by atoms with Crippen LogP contribution in [0.1, 0.15) is 24.8 Å². The van der Waals surface area contributed by atoms with E-state index in [1.54, 1.807) is 19.4 Å². The summed E-state index contributed by atoms with van der Waals surface area (Å²) in [6.07, 6.45) is 7.33. The van der Waals surface area contributed by atoms with Crippen LogP contribution in [0.3, 0.4) is 0 Å². The smallest absolute Gasteiger partial charge is 0.213 e. The predicted octanol–water partition coefficient (Wildman–Crippen LogP) is 1.03. The van der Waals surface area contributed by atoms with Crippen molar-refractivity contribution >= 4 is 10.0 Å². The van der Waals surface area contributed by atoms with Crippen LogP contribution in [0.25, 0.3) is 0 Å². The highest BCUT2D eigenvalue weighted by Crippen LogP contribution is 2.18. The first-order valence-electron chi connectivity index (χ1n) is 7.14. The maximum Gasteiger partial charge on any atom is 0.213 e. The van der Waals surface area contributed by atoms with Crippen molar-refractivity contribution in [3.8, 4) is 0 Å². The van der Waals surface area contributed by atoms with Gasteiger partial charge >= 0.3 is 0 Å². The number of aromatic nitrogens is 1. The molecule has 1 aromatic rings. The molecule has 0 spiro atoms. The molecule has 1 aliphatic rings. The van der Waals surface area contributed by atoms with Crippen molar-refractivity contribution in [2.45, 2.75) is 31.7 Å². The maximum atomic E-state index is 12.1. The van der Waals surface area contributed by atoms with Crippen LogP contribution in [-0.2, 0) is 16.4 Å². The fourth-order valence-electron chi connectivity index (χ4n) is 1.98. The maximum absolute atomic E-state index is 12.1. The summed E-state index contributed by atoms with van der Waals surface area (Å²) in [6.45, 7) is 1.31. The molecule has 0 saturated heterocycles. The third-order valence-corrected chi connectivity index (χ3v) is 5.47. The minimum Gasteiger partial charge on any atom is -0.314 e. The van der Waals surface area contributed by atoms with Crippen LogP contribution in [0.2, 0.25) is 0 Å². The summed E-state index contributed by atoms with van der Waals surface area (Å²) in [4.78, 5) is 3.95. The summed E-state index contributed by atoms with van der Waals surface area (Å²) in [5.41, 5.74) is 1.11. The lowest BCUT2D eigenvalue weighted by atomic mass is 10.2. The average molecular weight is 297 g/mol. The Morgan fingerprint density at radius 1 is 1.35 bits per heavy atom. The van der Waals surface area contributed by atoms with Crippen molar-refractivity contribution in [2.75, 3.05) is 25.9 Å². The second-order valence-corrected chi connectivity index (χ2v) is 7.52. The van der Waals surface area contributed by atoms with Gasteiger partial charge in [-0.15, -0.1) is 0 Å². The summed E-state index contributed by atoms with van der Waals surface area (Å²) in [7, 11) is -1.47. The van der Waals surface area contributed by atoms with Gasteiger partial charge in [-0.25, -0.2) is 12.7 Å². The quantitative estimate of drug-likeness (QED) is 0.692. The zero-order chi connectivity index (χ0) is 14.4. The van der Waals surface area contributed by atoms with E-state index in [1.165, 1.54) is 17.1 Å². The van der Waals surface area contributed by atoms with Crippen LogP contribution in [0.15, 0.2) is 24.5 Å². The number of pyridine rings is 1. The number of hydrogen-bond donors (Lipinski definition) is 1. The van der Waals surface area contributed by atoms with E-state index in [0.29, 0.717) is 19.0 Å². The molecule has 20 heavy (non-hydrogen) atoms. The van der Waals surface area contributed by atoms with E-state index in [0.717, 1.165) is 18.5 Å². The second kappa shape index (κ2) is 7.15. The summed E-state index contributed by atoms with van der Waals surface area (Å²) in [5, 5.41) is 3.34. The molecule has 1 aromatic heterocycles. The molecule has 1 heterocycles. The lowest BCUT2D eigenvalue weighted by Crippen LogP contribution is -2.32. The minimum atomic E-state index is -3.13. The van der Waals surface area contributed by atoms with E-state index in [2.05, 4.69) is 10.3 Å². The molecule has 2 rings (SSSR count). The Balaban J connectivity index is 1.70. The summed E-state index contributed by atoms with van der Waals surface area (Å²) in [5.74, 6) is 0.222. The molecule has 0 aromatic carbocycles. The summed E-state index contributed by atoms with van der Waals surface area (Å²) >= 11 is 0. The van der Waals surface area contributed by atoms with Crippen LogP contribution >= 0.6 is 0 Å². The van der Waals surface area contributed by atoms with Gasteiger partial charge in [-0.3, -0.25) is 4.98 Å². The fraction of sp³-hybridized carbons (Fsp3) is 0.643. The minimum absolute atomic E-state index is 0.222. The third-order valence-electron chi connectivity index (χ3n) is 3.53. The van der Waals surface area contributed by atoms with Crippen LogP contribution in [-0.4, -0.2) is 49.6 Å². The van der Waals surface area contributed by atoms with Gasteiger partial charge in [-0.1, -0.05) is 0 Å². The molecule has 1 aliphatic carbocycles. The Bertz CT molecular complexity index is 500. The Hall–Kier alpha value is -0.980. The van der Waals surface area contributed by atoms with Crippen LogP contribution in [0, 0.1) is 0 Å². The van der Waals surface area contributed by atoms with Crippen LogP contribution < -0.4 is 5.32 Å². The summed E-state index contributed by atoms with van der Waals surface area (Å²) < 4.78 is 25.7. The van der Waals surface area contributed by atoms with Gasteiger partial charge in [0.2, 0.25) is 10.0 Å². The van der Waals surface area contributed by atoms with Crippen molar-refractivity contribution in [1.29, 1.82) is 0 Å². The predicted molar refractivity (Wildman–Crippen MR) is 80.0 cm³/mol. The molecule has 5 nitrogen and oxygen atoms in total. The van der Waals surface area contributed by atoms with Gasteiger partial charge in [0.1, 0.15) is 0 Å². The van der Waals surface area contributed by atoms with E-state index in [4.69, 9.17) is 0 Å². The van der Waals surface area contributed by atoms with Crippen LogP contribution in [0.4, 0.5) is 0 Å². The van der Waals surface area contributed by atoms with Crippen molar-refractivity contribution in [3.63, 3.8) is 0 Å². The van der Waals surface area contributed by atoms with E-state index >= 15 is 0 Å². The summed E-state index contributed by atoms with van der Waals surface area (Å²) in [6, 6.07) is 4.47. The van der Waals surface area contributed by atoms with E-state index in [9.17, 15) is 8.42 Å². The molecule has 1 N–H and O–H groups in total. The Morgan fingerprint density at radius 3 is 2.70 bits per heavy atom. The fourth-order valence-corrected chi connectivity index (χ4v) is 3.17. The van der Waals surface area contributed by atoms with Gasteiger partial charge in [-0.2, -0.15) is 0 Å². The zero-order valence-corrected chi connectivity index (χ0v) is 12.8. The number of hydrogen-bond acceptors (Lipinski definition) is 4. The Morgan fingerprint density at radius 2 is 2.05 bits per heavy atom. The topological polar surface area (TPSA) is 62.3 Å². The number of sulfonamides is 1. The molecule has 0 amide bonds. The number of rotatable bonds is 9. The molecule has 0 radical (unpaired) electrons. The SMILES string of the molecule is CN(CCc1ccncc1)S(=O)(=O)CCCNC1CC1. The first-order chi connectivity index (χ1) is 9.58. The normalized spacial score (nSPS) is 15.7. The first kappa shape index (κ1) is 15.4. The number of nitrogens with zero attached hydrogens (tertiary/aromatic N) is 2. The van der Waals surface area contributed by atoms with E-state index < -0.39 is 10.0 Å². The molecular formula is C14H23N3O2S. The van der Waals surface area contributed by atoms with Crippen LogP contribution in [0.5, 0.6) is 0 Å². The largest absolute Gasteiger partial charge is 0.314 e. The highest BCUT2D eigenvalue weighted by molar-refractivity contribution is 7.89. The first-order valence-corrected chi connectivity index (χ1v) is 8.75. The standard InChI is InChI=1S/C14H23N3O2S/c1-17(11-7-13-5-9-15-10-6-13)20(18,19)12-2-8-16-14-3-4-14/h5-6,9-10,14,16H,2-4,7-8,11-12H2,1H3. The lowest BCUT2D eigenvalue weighted by molar-refractivity contribution is 0.470. The molecule has 0 aliphatic heterocycles.